The van der Waals surface area contributed by atoms with Crippen molar-refractivity contribution in [1.29, 1.82) is 0 Å². The van der Waals surface area contributed by atoms with Crippen LogP contribution >= 0.6 is 9.47 Å². The fraction of sp³-hybridized carbons (Fsp3) is 0.706. The van der Waals surface area contributed by atoms with E-state index in [9.17, 15) is 4.79 Å². The molecule has 3 heteroatoms. The van der Waals surface area contributed by atoms with E-state index in [1.165, 1.54) is 0 Å². The zero-order chi connectivity index (χ0) is 16.0. The summed E-state index contributed by atoms with van der Waals surface area (Å²) in [4.78, 5) is 10.8. The van der Waals surface area contributed by atoms with E-state index in [0.29, 0.717) is 6.42 Å². The summed E-state index contributed by atoms with van der Waals surface area (Å²) in [5, 5.41) is 0. The Labute approximate surface area is 127 Å². The van der Waals surface area contributed by atoms with Crippen molar-refractivity contribution in [3.8, 4) is 0 Å². The topological polar surface area (TPSA) is 26.3 Å². The van der Waals surface area contributed by atoms with Crippen molar-refractivity contribution in [1.82, 2.24) is 0 Å². The van der Waals surface area contributed by atoms with Gasteiger partial charge in [0.05, 0.1) is 6.10 Å². The summed E-state index contributed by atoms with van der Waals surface area (Å²) in [6.45, 7) is 15.0. The molecule has 0 aliphatic carbocycles. The molecule has 0 saturated heterocycles. The summed E-state index contributed by atoms with van der Waals surface area (Å²) < 4.78 is 5.50. The maximum Gasteiger partial charge on any atom is 0.124 e. The maximum absolute atomic E-state index is 10.8. The Balaban J connectivity index is 5.12. The van der Waals surface area contributed by atoms with Gasteiger partial charge in [0.25, 0.3) is 0 Å². The first-order chi connectivity index (χ1) is 9.01. The van der Waals surface area contributed by atoms with Gasteiger partial charge in [0, 0.05) is 21.8 Å². The van der Waals surface area contributed by atoms with Gasteiger partial charge in [-0.25, -0.2) is 0 Å². The first-order valence-electron chi connectivity index (χ1n) is 7.21. The lowest BCUT2D eigenvalue weighted by molar-refractivity contribution is -0.107. The summed E-state index contributed by atoms with van der Waals surface area (Å²) >= 11 is 0. The van der Waals surface area contributed by atoms with E-state index in [4.69, 9.17) is 4.52 Å². The van der Waals surface area contributed by atoms with Gasteiger partial charge >= 0.3 is 0 Å². The van der Waals surface area contributed by atoms with Gasteiger partial charge in [-0.3, -0.25) is 0 Å². The smallest absolute Gasteiger partial charge is 0.124 e. The van der Waals surface area contributed by atoms with Gasteiger partial charge in [-0.15, -0.1) is 0 Å². The molecule has 0 aliphatic rings. The summed E-state index contributed by atoms with van der Waals surface area (Å²) in [6.07, 6.45) is 7.92. The second-order valence-corrected chi connectivity index (χ2v) is 7.77. The van der Waals surface area contributed by atoms with E-state index in [1.807, 2.05) is 0 Å². The van der Waals surface area contributed by atoms with E-state index in [-0.39, 0.29) is 22.9 Å². The molecule has 0 rings (SSSR count). The molecule has 0 radical (unpaired) electrons. The normalized spacial score (nSPS) is 17.3. The summed E-state index contributed by atoms with van der Waals surface area (Å²) in [5.74, 6) is 0.222. The van der Waals surface area contributed by atoms with Crippen LogP contribution in [0.25, 0.3) is 0 Å². The van der Waals surface area contributed by atoms with E-state index < -0.39 is 0 Å². The fourth-order valence-corrected chi connectivity index (χ4v) is 2.19. The number of hydrogen-bond donors (Lipinski definition) is 0. The number of aldehydes is 1. The van der Waals surface area contributed by atoms with Crippen molar-refractivity contribution in [3.63, 3.8) is 0 Å². The molecule has 1 unspecified atom stereocenters. The van der Waals surface area contributed by atoms with Gasteiger partial charge < -0.3 is 9.32 Å². The Bertz CT molecular complexity index is 356. The molecule has 20 heavy (non-hydrogen) atoms. The average Bonchev–Trinajstić information content (AvgIpc) is 2.26. The van der Waals surface area contributed by atoms with Crippen LogP contribution in [0.2, 0.25) is 0 Å². The van der Waals surface area contributed by atoms with E-state index in [0.717, 1.165) is 11.9 Å². The molecule has 0 aromatic rings. The molecule has 0 saturated carbocycles. The Morgan fingerprint density at radius 1 is 1.20 bits per heavy atom. The molecule has 3 atom stereocenters. The first-order valence-corrected chi connectivity index (χ1v) is 7.68. The Morgan fingerprint density at radius 3 is 2.10 bits per heavy atom. The quantitative estimate of drug-likeness (QED) is 0.393. The lowest BCUT2D eigenvalue weighted by atomic mass is 9.82. The lowest BCUT2D eigenvalue weighted by Crippen LogP contribution is -2.18. The highest BCUT2D eigenvalue weighted by atomic mass is 31.0. The third kappa shape index (κ3) is 7.97. The predicted octanol–water partition coefficient (Wildman–Crippen LogP) is 4.96. The minimum absolute atomic E-state index is 0.00299. The molecular formula is C17H31O2P. The van der Waals surface area contributed by atoms with Gasteiger partial charge in [0.2, 0.25) is 0 Å². The van der Waals surface area contributed by atoms with E-state index in [1.54, 1.807) is 0 Å². The Kier molecular flexibility index (Phi) is 7.91. The highest BCUT2D eigenvalue weighted by Gasteiger charge is 2.20. The van der Waals surface area contributed by atoms with Crippen LogP contribution in [0.4, 0.5) is 0 Å². The summed E-state index contributed by atoms with van der Waals surface area (Å²) in [5.41, 5.74) is 1.31. The second kappa shape index (κ2) is 8.10. The average molecular weight is 298 g/mol. The molecule has 0 amide bonds. The van der Waals surface area contributed by atoms with Crippen molar-refractivity contribution >= 4 is 15.8 Å². The third-order valence-electron chi connectivity index (χ3n) is 3.19. The maximum atomic E-state index is 10.8. The third-order valence-corrected chi connectivity index (χ3v) is 3.51. The molecule has 0 heterocycles. The highest BCUT2D eigenvalue weighted by Crippen LogP contribution is 2.30. The molecule has 0 bridgehead atoms. The van der Waals surface area contributed by atoms with Gasteiger partial charge in [-0.05, 0) is 10.8 Å². The van der Waals surface area contributed by atoms with Crippen molar-refractivity contribution in [2.24, 2.45) is 16.7 Å². The molecule has 0 N–H and O–H groups in total. The van der Waals surface area contributed by atoms with Crippen LogP contribution in [0.15, 0.2) is 23.8 Å². The molecule has 0 aromatic carbocycles. The monoisotopic (exact) mass is 298 g/mol. The van der Waals surface area contributed by atoms with Crippen LogP contribution in [0.5, 0.6) is 0 Å². The van der Waals surface area contributed by atoms with Crippen molar-refractivity contribution in [3.05, 3.63) is 23.8 Å². The Hall–Kier alpha value is -0.460. The molecular weight excluding hydrogens is 267 g/mol. The lowest BCUT2D eigenvalue weighted by Gasteiger charge is -2.25. The van der Waals surface area contributed by atoms with Crippen LogP contribution in [0.1, 0.15) is 54.9 Å². The SMILES string of the molecule is C[C@H](C=C(CC=O)C(C)(C)C)[C@H](C=CC(C)(C)C)OP. The van der Waals surface area contributed by atoms with Crippen molar-refractivity contribution in [2.75, 3.05) is 0 Å². The second-order valence-electron chi connectivity index (χ2n) is 7.50. The van der Waals surface area contributed by atoms with Gasteiger partial charge in [0.1, 0.15) is 6.29 Å². The zero-order valence-corrected chi connectivity index (χ0v) is 15.2. The number of carbonyl (C=O) groups excluding carboxylic acids is 1. The largest absolute Gasteiger partial charge is 0.358 e. The molecule has 0 fully saturated rings. The molecule has 116 valence electrons. The minimum atomic E-state index is 0.00299. The van der Waals surface area contributed by atoms with Gasteiger partial charge in [-0.2, -0.15) is 0 Å². The van der Waals surface area contributed by atoms with Gasteiger partial charge in [0.15, 0.2) is 0 Å². The Morgan fingerprint density at radius 2 is 1.75 bits per heavy atom. The van der Waals surface area contributed by atoms with Crippen LogP contribution in [0, 0.1) is 16.7 Å². The van der Waals surface area contributed by atoms with Crippen LogP contribution in [-0.4, -0.2) is 12.4 Å². The highest BCUT2D eigenvalue weighted by molar-refractivity contribution is 7.09. The van der Waals surface area contributed by atoms with E-state index >= 15 is 0 Å². The number of carbonyl (C=O) groups is 1. The number of allylic oxidation sites excluding steroid dienone is 2. The van der Waals surface area contributed by atoms with Crippen LogP contribution < -0.4 is 0 Å². The molecule has 0 aliphatic heterocycles. The number of hydrogen-bond acceptors (Lipinski definition) is 2. The molecule has 2 nitrogen and oxygen atoms in total. The summed E-state index contributed by atoms with van der Waals surface area (Å²) in [6, 6.07) is 0. The van der Waals surface area contributed by atoms with E-state index in [2.05, 4.69) is 76.2 Å². The summed E-state index contributed by atoms with van der Waals surface area (Å²) in [7, 11) is 2.35. The first kappa shape index (κ1) is 19.5. The molecule has 0 aromatic heterocycles. The zero-order valence-electron chi connectivity index (χ0n) is 14.1. The van der Waals surface area contributed by atoms with Crippen LogP contribution in [-0.2, 0) is 9.32 Å². The fourth-order valence-electron chi connectivity index (χ4n) is 1.85. The van der Waals surface area contributed by atoms with Crippen molar-refractivity contribution in [2.45, 2.75) is 61.0 Å². The van der Waals surface area contributed by atoms with Crippen molar-refractivity contribution < 1.29 is 9.32 Å². The van der Waals surface area contributed by atoms with Crippen LogP contribution in [0.3, 0.4) is 0 Å². The molecule has 0 spiro atoms. The predicted molar refractivity (Wildman–Crippen MR) is 90.6 cm³/mol. The number of rotatable bonds is 6. The standard InChI is InChI=1S/C17H31O2P/c1-13(12-14(9-11-18)17(5,6)7)15(19-20)8-10-16(2,3)4/h8,10-13,15H,9,20H2,1-7H3/t13-,15+/m1/s1. The van der Waals surface area contributed by atoms with Gasteiger partial charge in [-0.1, -0.05) is 72.3 Å². The minimum Gasteiger partial charge on any atom is -0.358 e.